The standard InChI is InChI=1S/C34H56N2O6.2H2N.Pt/c1-22(2)7-6-8-23(3)27-11-12-28-26-10-9-24-19-25(13-15-33(24,4)29(26)14-16-34(27,28)5)42-32(41)35-17-18-36(20-30(37)38)21-31(39)40;;;/h9,22-23,25-29H,6-8,10-21H2,1-5H3,(H,35,41)(H,37,38)(H,39,40);2*1H2;/q;2*-1;+2/t23-,25+,26?,27-,28?,29?,33+,34-;;;/m1.../s1. The zero-order valence-electron chi connectivity index (χ0n) is 28.2. The number of carboxylic acids is 2. The molecule has 10 nitrogen and oxygen atoms in total. The van der Waals surface area contributed by atoms with E-state index >= 15 is 0 Å². The minimum absolute atomic E-state index is 0. The molecule has 11 heteroatoms. The molecule has 4 aliphatic rings. The molecule has 0 radical (unpaired) electrons. The first-order chi connectivity index (χ1) is 19.8. The Labute approximate surface area is 285 Å². The number of nitrogens with two attached hydrogens (primary N) is 2. The minimum atomic E-state index is -1.10. The van der Waals surface area contributed by atoms with Crippen LogP contribution < -0.4 is 5.32 Å². The molecule has 4 aliphatic carbocycles. The molecule has 3 saturated carbocycles. The molecule has 0 aromatic rings. The quantitative estimate of drug-likeness (QED) is 0.157. The molecule has 8 atom stereocenters. The van der Waals surface area contributed by atoms with Crippen LogP contribution >= 0.6 is 0 Å². The summed E-state index contributed by atoms with van der Waals surface area (Å²) in [6.45, 7) is 11.8. The number of hydrogen-bond acceptors (Lipinski definition) is 5. The molecule has 0 bridgehead atoms. The van der Waals surface area contributed by atoms with Crippen molar-refractivity contribution in [1.82, 2.24) is 10.2 Å². The number of carboxylic acid groups (broad SMARTS) is 2. The fourth-order valence-electron chi connectivity index (χ4n) is 9.86. The van der Waals surface area contributed by atoms with Gasteiger partial charge in [0.25, 0.3) is 0 Å². The van der Waals surface area contributed by atoms with Crippen molar-refractivity contribution in [3.05, 3.63) is 24.0 Å². The number of ether oxygens (including phenoxy) is 1. The van der Waals surface area contributed by atoms with E-state index in [2.05, 4.69) is 46.0 Å². The SMILES string of the molecule is CC(C)CCC[C@@H](C)[C@H]1CCC2C3CC=C4C[C@@H](OC(=O)NCCN(CC(=O)O)CC(=O)O)CC[C@]4(C)C3CC[C@@]21C.[NH2-].[NH2-].[Pt+2]. The zero-order chi connectivity index (χ0) is 30.7. The van der Waals surface area contributed by atoms with Gasteiger partial charge < -0.3 is 32.6 Å². The maximum absolute atomic E-state index is 12.5. The molecule has 3 fully saturated rings. The molecular weight excluding hydrogens is 755 g/mol. The number of nitrogens with zero attached hydrogens (tertiary/aromatic N) is 1. The predicted molar refractivity (Wildman–Crippen MR) is 174 cm³/mol. The van der Waals surface area contributed by atoms with Crippen LogP contribution in [0.3, 0.4) is 0 Å². The molecule has 0 aromatic heterocycles. The summed E-state index contributed by atoms with van der Waals surface area (Å²) in [7, 11) is 0. The van der Waals surface area contributed by atoms with Gasteiger partial charge in [-0.1, -0.05) is 65.5 Å². The van der Waals surface area contributed by atoms with Crippen LogP contribution in [-0.2, 0) is 35.4 Å². The Hall–Kier alpha value is -1.48. The van der Waals surface area contributed by atoms with E-state index in [1.807, 2.05) is 0 Å². The number of aliphatic carboxylic acids is 2. The number of amides is 1. The fourth-order valence-corrected chi connectivity index (χ4v) is 9.86. The largest absolute Gasteiger partial charge is 2.00 e. The van der Waals surface area contributed by atoms with E-state index in [0.717, 1.165) is 61.2 Å². The predicted octanol–water partition coefficient (Wildman–Crippen LogP) is 8.03. The van der Waals surface area contributed by atoms with Crippen molar-refractivity contribution in [3.63, 3.8) is 0 Å². The number of rotatable bonds is 13. The number of carbonyl (C=O) groups excluding carboxylic acids is 1. The van der Waals surface area contributed by atoms with Gasteiger partial charge in [0.1, 0.15) is 6.10 Å². The van der Waals surface area contributed by atoms with Gasteiger partial charge in [-0.2, -0.15) is 0 Å². The van der Waals surface area contributed by atoms with Crippen LogP contribution in [0.2, 0.25) is 0 Å². The van der Waals surface area contributed by atoms with Gasteiger partial charge in [-0.3, -0.25) is 14.5 Å². The fraction of sp³-hybridized carbons (Fsp3) is 0.853. The number of carbonyl (C=O) groups is 3. The van der Waals surface area contributed by atoms with Gasteiger partial charge in [0, 0.05) is 19.5 Å². The second-order valence-corrected chi connectivity index (χ2v) is 15.0. The van der Waals surface area contributed by atoms with E-state index in [-0.39, 0.29) is 58.0 Å². The van der Waals surface area contributed by atoms with Crippen LogP contribution in [0.1, 0.15) is 105 Å². The van der Waals surface area contributed by atoms with Crippen LogP contribution in [-0.4, -0.2) is 65.4 Å². The van der Waals surface area contributed by atoms with Crippen LogP contribution in [0, 0.1) is 46.3 Å². The van der Waals surface area contributed by atoms with E-state index in [9.17, 15) is 14.4 Å². The van der Waals surface area contributed by atoms with Gasteiger partial charge in [0.2, 0.25) is 0 Å². The Morgan fingerprint density at radius 3 is 2.27 bits per heavy atom. The van der Waals surface area contributed by atoms with Gasteiger partial charge in [0.05, 0.1) is 13.1 Å². The van der Waals surface area contributed by atoms with E-state index in [4.69, 9.17) is 14.9 Å². The van der Waals surface area contributed by atoms with Crippen molar-refractivity contribution in [2.45, 2.75) is 111 Å². The van der Waals surface area contributed by atoms with Gasteiger partial charge in [-0.25, -0.2) is 4.79 Å². The summed E-state index contributed by atoms with van der Waals surface area (Å²) in [5.74, 6) is 2.58. The van der Waals surface area contributed by atoms with Crippen molar-refractivity contribution in [2.75, 3.05) is 26.2 Å². The second-order valence-electron chi connectivity index (χ2n) is 15.0. The smallest absolute Gasteiger partial charge is 0.693 e. The summed E-state index contributed by atoms with van der Waals surface area (Å²) in [6, 6.07) is 0. The summed E-state index contributed by atoms with van der Waals surface area (Å²) in [6.07, 6.45) is 15.2. The average molecular weight is 816 g/mol. The van der Waals surface area contributed by atoms with Crippen LogP contribution in [0.25, 0.3) is 12.3 Å². The van der Waals surface area contributed by atoms with Crippen LogP contribution in [0.4, 0.5) is 4.79 Å². The molecule has 1 amide bonds. The molecule has 45 heavy (non-hydrogen) atoms. The first-order valence-corrected chi connectivity index (χ1v) is 16.6. The molecule has 262 valence electrons. The molecule has 0 heterocycles. The summed E-state index contributed by atoms with van der Waals surface area (Å²) in [4.78, 5) is 35.8. The summed E-state index contributed by atoms with van der Waals surface area (Å²) < 4.78 is 5.80. The van der Waals surface area contributed by atoms with Crippen LogP contribution in [0.15, 0.2) is 11.6 Å². The summed E-state index contributed by atoms with van der Waals surface area (Å²) >= 11 is 0. The first-order valence-electron chi connectivity index (χ1n) is 16.6. The maximum Gasteiger partial charge on any atom is 2.00 e. The topological polar surface area (TPSA) is 183 Å². The third-order valence-corrected chi connectivity index (χ3v) is 11.9. The van der Waals surface area contributed by atoms with Gasteiger partial charge >= 0.3 is 39.1 Å². The van der Waals surface area contributed by atoms with E-state index < -0.39 is 31.1 Å². The molecule has 0 saturated heterocycles. The Morgan fingerprint density at radius 1 is 0.978 bits per heavy atom. The van der Waals surface area contributed by atoms with E-state index in [0.29, 0.717) is 5.41 Å². The molecular formula is C34H60N4O6Pt. The third-order valence-electron chi connectivity index (χ3n) is 11.9. The molecule has 0 aromatic carbocycles. The Bertz CT molecular complexity index is 1010. The number of allylic oxidation sites excluding steroid dienone is 1. The monoisotopic (exact) mass is 815 g/mol. The molecule has 0 spiro atoms. The maximum atomic E-state index is 12.5. The van der Waals surface area contributed by atoms with Crippen molar-refractivity contribution >= 4 is 18.0 Å². The molecule has 0 aliphatic heterocycles. The Kier molecular flexibility index (Phi) is 16.3. The number of nitrogens with one attached hydrogen (secondary N) is 1. The number of alkyl carbamates (subject to hydrolysis) is 1. The minimum Gasteiger partial charge on any atom is -0.693 e. The van der Waals surface area contributed by atoms with Gasteiger partial charge in [0.15, 0.2) is 0 Å². The molecule has 3 unspecified atom stereocenters. The average Bonchev–Trinajstić information content (AvgIpc) is 3.25. The zero-order valence-corrected chi connectivity index (χ0v) is 30.4. The van der Waals surface area contributed by atoms with E-state index in [1.165, 1.54) is 55.4 Å². The second kappa shape index (κ2) is 17.6. The Balaban J connectivity index is 0.00000337. The van der Waals surface area contributed by atoms with E-state index in [1.54, 1.807) is 0 Å². The van der Waals surface area contributed by atoms with Crippen molar-refractivity contribution in [1.29, 1.82) is 0 Å². The third kappa shape index (κ3) is 9.77. The van der Waals surface area contributed by atoms with Crippen molar-refractivity contribution in [2.24, 2.45) is 46.3 Å². The van der Waals surface area contributed by atoms with Gasteiger partial charge in [-0.05, 0) is 91.3 Å². The summed E-state index contributed by atoms with van der Waals surface area (Å²) in [5, 5.41) is 20.7. The van der Waals surface area contributed by atoms with Crippen molar-refractivity contribution < 1.29 is 50.4 Å². The molecule has 7 N–H and O–H groups in total. The normalized spacial score (nSPS) is 32.3. The summed E-state index contributed by atoms with van der Waals surface area (Å²) in [5.41, 5.74) is 2.14. The number of hydrogen-bond donors (Lipinski definition) is 3. The first kappa shape index (κ1) is 41.5. The van der Waals surface area contributed by atoms with Gasteiger partial charge in [-0.15, -0.1) is 0 Å². The molecule has 4 rings (SSSR count). The number of fused-ring (bicyclic) bond motifs is 5. The van der Waals surface area contributed by atoms with Crippen LogP contribution in [0.5, 0.6) is 0 Å². The Morgan fingerprint density at radius 2 is 1.64 bits per heavy atom. The van der Waals surface area contributed by atoms with Crippen molar-refractivity contribution in [3.8, 4) is 0 Å².